The van der Waals surface area contributed by atoms with Crippen molar-refractivity contribution in [3.63, 3.8) is 0 Å². The highest BCUT2D eigenvalue weighted by Gasteiger charge is 2.42. The van der Waals surface area contributed by atoms with E-state index in [4.69, 9.17) is 24.9 Å². The minimum atomic E-state index is -4.38. The van der Waals surface area contributed by atoms with E-state index < -0.39 is 60.8 Å². The number of rotatable bonds is 17. The summed E-state index contributed by atoms with van der Waals surface area (Å²) in [6.07, 6.45) is 9.63. The first-order valence-electron chi connectivity index (χ1n) is 20.9. The molecule has 0 bridgehead atoms. The molecule has 1 saturated carbocycles. The molecular formula is C45H55F3N7O7P. The van der Waals surface area contributed by atoms with Gasteiger partial charge in [-0.2, -0.15) is 15.1 Å². The van der Waals surface area contributed by atoms with Crippen molar-refractivity contribution in [3.8, 4) is 35.4 Å². The lowest BCUT2D eigenvalue weighted by atomic mass is 9.95. The van der Waals surface area contributed by atoms with Crippen molar-refractivity contribution < 1.29 is 45.8 Å². The van der Waals surface area contributed by atoms with Crippen LogP contribution in [0.2, 0.25) is 0 Å². The Labute approximate surface area is 365 Å². The molecule has 1 amide bonds. The minimum absolute atomic E-state index is 0.0237. The molecule has 2 aliphatic rings. The van der Waals surface area contributed by atoms with Crippen LogP contribution in [0.1, 0.15) is 79.2 Å². The number of benzene rings is 2. The predicted molar refractivity (Wildman–Crippen MR) is 235 cm³/mol. The Morgan fingerprint density at radius 2 is 1.86 bits per heavy atom. The van der Waals surface area contributed by atoms with Gasteiger partial charge in [0.15, 0.2) is 5.82 Å². The lowest BCUT2D eigenvalue weighted by molar-refractivity contribution is -0.149. The van der Waals surface area contributed by atoms with Crippen LogP contribution in [0.25, 0.3) is 32.9 Å². The van der Waals surface area contributed by atoms with Crippen molar-refractivity contribution in [2.75, 3.05) is 39.1 Å². The van der Waals surface area contributed by atoms with E-state index in [0.29, 0.717) is 12.8 Å². The Kier molecular flexibility index (Phi) is 14.1. The van der Waals surface area contributed by atoms with Crippen molar-refractivity contribution in [2.45, 2.75) is 109 Å². The maximum atomic E-state index is 17.5. The summed E-state index contributed by atoms with van der Waals surface area (Å²) in [5, 5.41) is 6.48. The molecule has 4 aromatic rings. The van der Waals surface area contributed by atoms with Gasteiger partial charge >= 0.3 is 19.7 Å². The van der Waals surface area contributed by atoms with Gasteiger partial charge in [-0.15, -0.1) is 6.42 Å². The minimum Gasteiger partial charge on any atom is -0.462 e. The fourth-order valence-corrected chi connectivity index (χ4v) is 9.90. The quantitative estimate of drug-likeness (QED) is 0.0454. The van der Waals surface area contributed by atoms with Crippen LogP contribution in [0, 0.1) is 24.0 Å². The summed E-state index contributed by atoms with van der Waals surface area (Å²) >= 11 is 0. The largest absolute Gasteiger partial charge is 0.462 e. The fourth-order valence-electron chi connectivity index (χ4n) is 8.22. The summed E-state index contributed by atoms with van der Waals surface area (Å²) in [6, 6.07) is 3.91. The normalized spacial score (nSPS) is 20.1. The summed E-state index contributed by atoms with van der Waals surface area (Å²) < 4.78 is 85.0. The number of terminal acetylenes is 1. The van der Waals surface area contributed by atoms with E-state index in [9.17, 15) is 18.5 Å². The van der Waals surface area contributed by atoms with E-state index in [-0.39, 0.29) is 88.1 Å². The number of amides is 1. The van der Waals surface area contributed by atoms with E-state index in [1.54, 1.807) is 46.7 Å². The Balaban J connectivity index is 1.50. The van der Waals surface area contributed by atoms with E-state index in [1.807, 2.05) is 11.8 Å². The zero-order chi connectivity index (χ0) is 46.0. The van der Waals surface area contributed by atoms with Crippen LogP contribution in [0.3, 0.4) is 0 Å². The van der Waals surface area contributed by atoms with Crippen LogP contribution in [0.5, 0.6) is 11.8 Å². The number of carbonyl (C=O) groups excluding carboxylic acids is 2. The lowest BCUT2D eigenvalue weighted by Crippen LogP contribution is -2.51. The third-order valence-electron chi connectivity index (χ3n) is 11.6. The molecule has 0 spiro atoms. The molecule has 3 heterocycles. The standard InChI is InChI=1S/C45H55F3N7O7P/c1-11-32-35(47)16-15-29-19-31(62-63(58,61-27(5)6)53-28(7)42(57)60-26(3)4)20-33(37(29)32)39-38(48)40-34(22-49-39)41(50-24-45(17-13-14-18-45)55(10)36(56)12-2)52-43(51-40)59-25-44(8)21-30(46)23-54(44)9/h1,12,15-16,19-20,22,26-28,30H,2,13-14,17-18,21,23-25H2,3-10H3,(H,53,58)(H,50,51,52)/t28-,30+,44-,63?/m0/s1. The van der Waals surface area contributed by atoms with Gasteiger partial charge in [-0.05, 0) is 91.1 Å². The summed E-state index contributed by atoms with van der Waals surface area (Å²) in [4.78, 5) is 42.8. The lowest BCUT2D eigenvalue weighted by Gasteiger charge is -2.38. The average molecular weight is 894 g/mol. The number of halogens is 3. The zero-order valence-electron chi connectivity index (χ0n) is 36.9. The highest BCUT2D eigenvalue weighted by molar-refractivity contribution is 7.52. The van der Waals surface area contributed by atoms with Crippen LogP contribution in [-0.4, -0.2) is 106 Å². The number of anilines is 1. The number of likely N-dealkylation sites (tertiary alicyclic amines) is 1. The Morgan fingerprint density at radius 1 is 1.14 bits per heavy atom. The highest BCUT2D eigenvalue weighted by Crippen LogP contribution is 2.48. The smallest absolute Gasteiger partial charge is 0.459 e. The third kappa shape index (κ3) is 10.1. The van der Waals surface area contributed by atoms with E-state index in [1.165, 1.54) is 37.4 Å². The van der Waals surface area contributed by atoms with Crippen LogP contribution in [0.15, 0.2) is 43.1 Å². The molecule has 63 heavy (non-hydrogen) atoms. The van der Waals surface area contributed by atoms with Crippen LogP contribution in [0.4, 0.5) is 19.0 Å². The number of ether oxygens (including phenoxy) is 2. The Morgan fingerprint density at radius 3 is 2.48 bits per heavy atom. The maximum Gasteiger partial charge on any atom is 0.459 e. The molecule has 2 aromatic heterocycles. The third-order valence-corrected chi connectivity index (χ3v) is 13.5. The molecule has 338 valence electrons. The molecule has 2 fully saturated rings. The first-order valence-corrected chi connectivity index (χ1v) is 22.4. The van der Waals surface area contributed by atoms with Crippen molar-refractivity contribution in [1.29, 1.82) is 0 Å². The molecule has 0 radical (unpaired) electrons. The monoisotopic (exact) mass is 893 g/mol. The van der Waals surface area contributed by atoms with Gasteiger partial charge in [0.25, 0.3) is 0 Å². The second-order valence-corrected chi connectivity index (χ2v) is 18.8. The molecule has 4 atom stereocenters. The molecule has 2 N–H and O–H groups in total. The maximum absolute atomic E-state index is 17.5. The first-order chi connectivity index (χ1) is 29.7. The van der Waals surface area contributed by atoms with Crippen LogP contribution in [-0.2, 0) is 23.4 Å². The average Bonchev–Trinajstić information content (AvgIpc) is 3.81. The van der Waals surface area contributed by atoms with E-state index in [2.05, 4.69) is 37.9 Å². The van der Waals surface area contributed by atoms with Crippen molar-refractivity contribution in [3.05, 3.63) is 60.3 Å². The summed E-state index contributed by atoms with van der Waals surface area (Å²) in [5.74, 6) is -0.290. The number of pyridine rings is 1. The van der Waals surface area contributed by atoms with Crippen LogP contribution >= 0.6 is 7.75 Å². The molecule has 2 aromatic carbocycles. The van der Waals surface area contributed by atoms with E-state index >= 15 is 8.78 Å². The number of esters is 1. The van der Waals surface area contributed by atoms with E-state index in [0.717, 1.165) is 18.9 Å². The molecule has 14 nitrogen and oxygen atoms in total. The van der Waals surface area contributed by atoms with Crippen molar-refractivity contribution in [2.24, 2.45) is 0 Å². The zero-order valence-corrected chi connectivity index (χ0v) is 37.8. The first kappa shape index (κ1) is 47.2. The molecular weight excluding hydrogens is 839 g/mol. The number of fused-ring (bicyclic) bond motifs is 2. The number of nitrogens with one attached hydrogen (secondary N) is 2. The van der Waals surface area contributed by atoms with Gasteiger partial charge in [0.05, 0.1) is 34.2 Å². The number of nitrogens with zero attached hydrogens (tertiary/aromatic N) is 5. The van der Waals surface area contributed by atoms with Gasteiger partial charge in [0, 0.05) is 43.7 Å². The topological polar surface area (TPSA) is 157 Å². The molecule has 1 aliphatic heterocycles. The van der Waals surface area contributed by atoms with Gasteiger partial charge in [-0.25, -0.2) is 17.7 Å². The number of alkyl halides is 1. The Hall–Kier alpha value is -5.27. The summed E-state index contributed by atoms with van der Waals surface area (Å²) in [5.41, 5.74) is -2.14. The number of likely N-dealkylation sites (N-methyl/N-ethyl adjacent to an activating group) is 2. The van der Waals surface area contributed by atoms with Gasteiger partial charge in [0.1, 0.15) is 47.4 Å². The van der Waals surface area contributed by atoms with Gasteiger partial charge in [-0.3, -0.25) is 24.0 Å². The molecule has 18 heteroatoms. The van der Waals surface area contributed by atoms with Crippen molar-refractivity contribution in [1.82, 2.24) is 29.8 Å². The predicted octanol–water partition coefficient (Wildman–Crippen LogP) is 8.13. The summed E-state index contributed by atoms with van der Waals surface area (Å²) in [6.45, 7) is 14.0. The van der Waals surface area contributed by atoms with Crippen LogP contribution < -0.4 is 19.7 Å². The molecule has 1 unspecified atom stereocenters. The number of hydrogen-bond donors (Lipinski definition) is 2. The Bertz CT molecular complexity index is 2500. The highest BCUT2D eigenvalue weighted by atomic mass is 31.2. The van der Waals surface area contributed by atoms with Gasteiger partial charge < -0.3 is 24.2 Å². The second kappa shape index (κ2) is 18.8. The second-order valence-electron chi connectivity index (χ2n) is 17.1. The van der Waals surface area contributed by atoms with Gasteiger partial charge in [0.2, 0.25) is 5.91 Å². The number of carbonyl (C=O) groups is 2. The van der Waals surface area contributed by atoms with Gasteiger partial charge in [-0.1, -0.05) is 31.4 Å². The summed E-state index contributed by atoms with van der Waals surface area (Å²) in [7, 11) is -0.877. The number of aromatic nitrogens is 3. The fraction of sp³-hybridized carbons (Fsp3) is 0.489. The number of hydrogen-bond acceptors (Lipinski definition) is 12. The molecule has 6 rings (SSSR count). The molecule has 1 saturated heterocycles. The van der Waals surface area contributed by atoms with Crippen molar-refractivity contribution >= 4 is 47.1 Å². The SMILES string of the molecule is C#Cc1c(F)ccc2cc(OP(=O)(N[C@@H](C)C(=O)OC(C)C)OC(C)C)cc(-c3ncc4c(NCC5(N(C)C(=O)C=C)CCCC5)nc(OC[C@]5(C)C[C@@H](F)CN5C)nc4c3F)c12. The molecule has 1 aliphatic carbocycles.